The Morgan fingerprint density at radius 3 is 2.86 bits per heavy atom. The van der Waals surface area contributed by atoms with Gasteiger partial charge in [0.15, 0.2) is 0 Å². The molecule has 21 heavy (non-hydrogen) atoms. The standard InChI is InChI=1S/C18H30N2O/c1-4-11-19-18(17-8-6-5-7-15(17)2)9-12-20(3)16-10-13-21-14-16/h5-8,16,18-19H,4,9-14H2,1-3H3. The van der Waals surface area contributed by atoms with Gasteiger partial charge < -0.3 is 15.0 Å². The van der Waals surface area contributed by atoms with Crippen LogP contribution in [0.5, 0.6) is 0 Å². The fraction of sp³-hybridized carbons (Fsp3) is 0.667. The minimum absolute atomic E-state index is 0.455. The smallest absolute Gasteiger partial charge is 0.0622 e. The van der Waals surface area contributed by atoms with Crippen LogP contribution in [0.4, 0.5) is 0 Å². The van der Waals surface area contributed by atoms with E-state index in [9.17, 15) is 0 Å². The summed E-state index contributed by atoms with van der Waals surface area (Å²) in [5, 5.41) is 3.71. The molecule has 118 valence electrons. The van der Waals surface area contributed by atoms with E-state index in [2.05, 4.69) is 55.4 Å². The highest BCUT2D eigenvalue weighted by Crippen LogP contribution is 2.22. The second kappa shape index (κ2) is 8.52. The molecule has 0 saturated carbocycles. The maximum Gasteiger partial charge on any atom is 0.0622 e. The molecule has 0 aromatic heterocycles. The largest absolute Gasteiger partial charge is 0.380 e. The summed E-state index contributed by atoms with van der Waals surface area (Å²) in [5.41, 5.74) is 2.83. The third-order valence-corrected chi connectivity index (χ3v) is 4.50. The zero-order valence-electron chi connectivity index (χ0n) is 13.8. The summed E-state index contributed by atoms with van der Waals surface area (Å²) in [6, 6.07) is 9.81. The van der Waals surface area contributed by atoms with Crippen LogP contribution in [-0.2, 0) is 4.74 Å². The molecule has 0 aliphatic carbocycles. The topological polar surface area (TPSA) is 24.5 Å². The Kier molecular flexibility index (Phi) is 6.68. The lowest BCUT2D eigenvalue weighted by atomic mass is 9.98. The van der Waals surface area contributed by atoms with Crippen LogP contribution in [0.3, 0.4) is 0 Å². The summed E-state index contributed by atoms with van der Waals surface area (Å²) in [6.45, 7) is 8.45. The number of aryl methyl sites for hydroxylation is 1. The lowest BCUT2D eigenvalue weighted by molar-refractivity contribution is 0.156. The van der Waals surface area contributed by atoms with Crippen LogP contribution in [0.25, 0.3) is 0 Å². The highest BCUT2D eigenvalue weighted by Gasteiger charge is 2.21. The fourth-order valence-corrected chi connectivity index (χ4v) is 3.05. The highest BCUT2D eigenvalue weighted by atomic mass is 16.5. The molecule has 2 atom stereocenters. The third kappa shape index (κ3) is 4.80. The molecule has 1 aromatic rings. The number of nitrogens with one attached hydrogen (secondary N) is 1. The normalized spacial score (nSPS) is 20.1. The van der Waals surface area contributed by atoms with Gasteiger partial charge in [-0.05, 0) is 50.9 Å². The van der Waals surface area contributed by atoms with Crippen molar-refractivity contribution in [3.63, 3.8) is 0 Å². The quantitative estimate of drug-likeness (QED) is 0.796. The molecule has 1 aliphatic heterocycles. The summed E-state index contributed by atoms with van der Waals surface area (Å²) in [5.74, 6) is 0. The Labute approximate surface area is 129 Å². The van der Waals surface area contributed by atoms with E-state index in [1.54, 1.807) is 0 Å². The van der Waals surface area contributed by atoms with Gasteiger partial charge in [0.2, 0.25) is 0 Å². The molecule has 0 bridgehead atoms. The molecule has 1 N–H and O–H groups in total. The van der Waals surface area contributed by atoms with Gasteiger partial charge >= 0.3 is 0 Å². The number of likely N-dealkylation sites (N-methyl/N-ethyl adjacent to an activating group) is 1. The maximum absolute atomic E-state index is 5.50. The minimum Gasteiger partial charge on any atom is -0.380 e. The first kappa shape index (κ1) is 16.5. The minimum atomic E-state index is 0.455. The van der Waals surface area contributed by atoms with Crippen molar-refractivity contribution in [3.05, 3.63) is 35.4 Å². The molecule has 2 unspecified atom stereocenters. The SMILES string of the molecule is CCCNC(CCN(C)C1CCOC1)c1ccccc1C. The van der Waals surface area contributed by atoms with Crippen LogP contribution < -0.4 is 5.32 Å². The summed E-state index contributed by atoms with van der Waals surface area (Å²) in [7, 11) is 2.23. The average Bonchev–Trinajstić information content (AvgIpc) is 3.02. The zero-order valence-corrected chi connectivity index (χ0v) is 13.8. The van der Waals surface area contributed by atoms with E-state index in [0.29, 0.717) is 12.1 Å². The second-order valence-corrected chi connectivity index (χ2v) is 6.15. The average molecular weight is 290 g/mol. The highest BCUT2D eigenvalue weighted by molar-refractivity contribution is 5.28. The van der Waals surface area contributed by atoms with E-state index in [1.165, 1.54) is 24.0 Å². The van der Waals surface area contributed by atoms with Crippen LogP contribution in [0.15, 0.2) is 24.3 Å². The first-order chi connectivity index (χ1) is 10.2. The molecule has 2 rings (SSSR count). The third-order valence-electron chi connectivity index (χ3n) is 4.50. The molecule has 1 heterocycles. The lowest BCUT2D eigenvalue weighted by Crippen LogP contribution is -2.35. The number of hydrogen-bond acceptors (Lipinski definition) is 3. The number of nitrogens with zero attached hydrogens (tertiary/aromatic N) is 1. The molecule has 0 amide bonds. The Balaban J connectivity index is 1.94. The number of rotatable bonds is 8. The van der Waals surface area contributed by atoms with Gasteiger partial charge in [-0.1, -0.05) is 31.2 Å². The molecule has 0 radical (unpaired) electrons. The van der Waals surface area contributed by atoms with E-state index in [4.69, 9.17) is 4.74 Å². The number of hydrogen-bond donors (Lipinski definition) is 1. The second-order valence-electron chi connectivity index (χ2n) is 6.15. The summed E-state index contributed by atoms with van der Waals surface area (Å²) < 4.78 is 5.50. The van der Waals surface area contributed by atoms with Gasteiger partial charge in [-0.2, -0.15) is 0 Å². The molecule has 0 spiro atoms. The van der Waals surface area contributed by atoms with Crippen LogP contribution in [0.1, 0.15) is 43.4 Å². The van der Waals surface area contributed by atoms with Crippen molar-refractivity contribution in [2.75, 3.05) is 33.4 Å². The van der Waals surface area contributed by atoms with Gasteiger partial charge in [0.25, 0.3) is 0 Å². The molecule has 1 saturated heterocycles. The van der Waals surface area contributed by atoms with E-state index in [-0.39, 0.29) is 0 Å². The Bertz CT molecular complexity index is 415. The van der Waals surface area contributed by atoms with Crippen molar-refractivity contribution in [1.29, 1.82) is 0 Å². The van der Waals surface area contributed by atoms with E-state index in [0.717, 1.165) is 32.7 Å². The van der Waals surface area contributed by atoms with Gasteiger partial charge in [-0.25, -0.2) is 0 Å². The Morgan fingerprint density at radius 2 is 2.19 bits per heavy atom. The van der Waals surface area contributed by atoms with Crippen LogP contribution in [0.2, 0.25) is 0 Å². The van der Waals surface area contributed by atoms with Crippen molar-refractivity contribution in [1.82, 2.24) is 10.2 Å². The number of benzene rings is 1. The van der Waals surface area contributed by atoms with Crippen molar-refractivity contribution in [3.8, 4) is 0 Å². The number of ether oxygens (including phenoxy) is 1. The predicted molar refractivity (Wildman–Crippen MR) is 88.7 cm³/mol. The predicted octanol–water partition coefficient (Wildman–Crippen LogP) is 3.15. The first-order valence-corrected chi connectivity index (χ1v) is 8.29. The van der Waals surface area contributed by atoms with E-state index in [1.807, 2.05) is 0 Å². The lowest BCUT2D eigenvalue weighted by Gasteiger charge is -2.27. The molecular weight excluding hydrogens is 260 g/mol. The zero-order chi connectivity index (χ0) is 15.1. The summed E-state index contributed by atoms with van der Waals surface area (Å²) in [4.78, 5) is 2.46. The van der Waals surface area contributed by atoms with Crippen molar-refractivity contribution < 1.29 is 4.74 Å². The maximum atomic E-state index is 5.50. The summed E-state index contributed by atoms with van der Waals surface area (Å²) in [6.07, 6.45) is 3.50. The van der Waals surface area contributed by atoms with Crippen LogP contribution >= 0.6 is 0 Å². The van der Waals surface area contributed by atoms with E-state index >= 15 is 0 Å². The van der Waals surface area contributed by atoms with Gasteiger partial charge in [0.05, 0.1) is 6.61 Å². The molecule has 1 fully saturated rings. The monoisotopic (exact) mass is 290 g/mol. The molecule has 3 nitrogen and oxygen atoms in total. The molecular formula is C18H30N2O. The Hall–Kier alpha value is -0.900. The van der Waals surface area contributed by atoms with Crippen LogP contribution in [0, 0.1) is 6.92 Å². The fourth-order valence-electron chi connectivity index (χ4n) is 3.05. The van der Waals surface area contributed by atoms with Crippen molar-refractivity contribution in [2.24, 2.45) is 0 Å². The summed E-state index contributed by atoms with van der Waals surface area (Å²) >= 11 is 0. The van der Waals surface area contributed by atoms with Crippen molar-refractivity contribution >= 4 is 0 Å². The molecule has 3 heteroatoms. The molecule has 1 aromatic carbocycles. The molecule has 1 aliphatic rings. The van der Waals surface area contributed by atoms with Crippen molar-refractivity contribution in [2.45, 2.75) is 45.2 Å². The van der Waals surface area contributed by atoms with E-state index < -0.39 is 0 Å². The van der Waals surface area contributed by atoms with Crippen LogP contribution in [-0.4, -0.2) is 44.3 Å². The Morgan fingerprint density at radius 1 is 1.38 bits per heavy atom. The van der Waals surface area contributed by atoms with Gasteiger partial charge in [-0.3, -0.25) is 0 Å². The van der Waals surface area contributed by atoms with Gasteiger partial charge in [0.1, 0.15) is 0 Å². The van der Waals surface area contributed by atoms with Gasteiger partial charge in [-0.15, -0.1) is 0 Å². The van der Waals surface area contributed by atoms with Gasteiger partial charge in [0, 0.05) is 25.2 Å². The first-order valence-electron chi connectivity index (χ1n) is 8.29.